The molecule has 1 aromatic rings. The molecule has 0 saturated heterocycles. The average molecular weight is 274 g/mol. The molecule has 0 spiro atoms. The van der Waals surface area contributed by atoms with Crippen LogP contribution in [-0.4, -0.2) is 34.4 Å². The SMILES string of the molecule is COC(=O)COc1ccccc1COS(C)(=O)=O. The zero-order chi connectivity index (χ0) is 13.6. The summed E-state index contributed by atoms with van der Waals surface area (Å²) in [5, 5.41) is 0. The molecule has 1 rings (SSSR count). The smallest absolute Gasteiger partial charge is 0.343 e. The molecule has 0 fully saturated rings. The second kappa shape index (κ2) is 6.36. The maximum atomic E-state index is 10.9. The van der Waals surface area contributed by atoms with Gasteiger partial charge in [-0.05, 0) is 6.07 Å². The summed E-state index contributed by atoms with van der Waals surface area (Å²) in [6.07, 6.45) is 0.963. The molecule has 7 heteroatoms. The number of hydrogen-bond donors (Lipinski definition) is 0. The van der Waals surface area contributed by atoms with Gasteiger partial charge in [-0.1, -0.05) is 18.2 Å². The number of esters is 1. The number of ether oxygens (including phenoxy) is 2. The molecule has 100 valence electrons. The van der Waals surface area contributed by atoms with E-state index in [1.54, 1.807) is 24.3 Å². The lowest BCUT2D eigenvalue weighted by molar-refractivity contribution is -0.142. The van der Waals surface area contributed by atoms with Crippen LogP contribution in [0.2, 0.25) is 0 Å². The van der Waals surface area contributed by atoms with Crippen LogP contribution in [-0.2, 0) is 30.4 Å². The standard InChI is InChI=1S/C11H14O6S/c1-15-11(12)8-16-10-6-4-3-5-9(10)7-17-18(2,13)14/h3-6H,7-8H2,1-2H3. The van der Waals surface area contributed by atoms with Crippen LogP contribution in [0, 0.1) is 0 Å². The molecule has 0 heterocycles. The number of hydrogen-bond acceptors (Lipinski definition) is 6. The third kappa shape index (κ3) is 5.15. The first-order valence-corrected chi connectivity index (χ1v) is 6.86. The Labute approximate surface area is 106 Å². The van der Waals surface area contributed by atoms with Gasteiger partial charge in [-0.2, -0.15) is 8.42 Å². The molecule has 0 bridgehead atoms. The lowest BCUT2D eigenvalue weighted by Gasteiger charge is -2.10. The van der Waals surface area contributed by atoms with Gasteiger partial charge >= 0.3 is 5.97 Å². The van der Waals surface area contributed by atoms with Gasteiger partial charge in [0.25, 0.3) is 10.1 Å². The predicted octanol–water partition coefficient (Wildman–Crippen LogP) is 0.715. The fourth-order valence-corrected chi connectivity index (χ4v) is 1.47. The summed E-state index contributed by atoms with van der Waals surface area (Å²) in [5.74, 6) is -0.139. The molecule has 6 nitrogen and oxygen atoms in total. The van der Waals surface area contributed by atoms with Crippen LogP contribution >= 0.6 is 0 Å². The van der Waals surface area contributed by atoms with Crippen LogP contribution in [0.3, 0.4) is 0 Å². The van der Waals surface area contributed by atoms with Crippen molar-refractivity contribution in [1.29, 1.82) is 0 Å². The van der Waals surface area contributed by atoms with E-state index in [0.717, 1.165) is 6.26 Å². The van der Waals surface area contributed by atoms with Crippen LogP contribution in [0.25, 0.3) is 0 Å². The van der Waals surface area contributed by atoms with Gasteiger partial charge in [0, 0.05) is 5.56 Å². The Hall–Kier alpha value is -1.60. The fraction of sp³-hybridized carbons (Fsp3) is 0.364. The van der Waals surface area contributed by atoms with Crippen LogP contribution in [0.15, 0.2) is 24.3 Å². The summed E-state index contributed by atoms with van der Waals surface area (Å²) in [6, 6.07) is 6.68. The summed E-state index contributed by atoms with van der Waals surface area (Å²) >= 11 is 0. The number of benzene rings is 1. The second-order valence-electron chi connectivity index (χ2n) is 3.44. The molecule has 1 aromatic carbocycles. The molecule has 18 heavy (non-hydrogen) atoms. The highest BCUT2D eigenvalue weighted by molar-refractivity contribution is 7.85. The van der Waals surface area contributed by atoms with Gasteiger partial charge in [0.15, 0.2) is 6.61 Å². The lowest BCUT2D eigenvalue weighted by Crippen LogP contribution is -2.13. The highest BCUT2D eigenvalue weighted by Gasteiger charge is 2.09. The molecule has 0 aliphatic rings. The number of carbonyl (C=O) groups is 1. The summed E-state index contributed by atoms with van der Waals surface area (Å²) in [7, 11) is -2.27. The van der Waals surface area contributed by atoms with Gasteiger partial charge in [-0.25, -0.2) is 4.79 Å². The Morgan fingerprint density at radius 3 is 2.56 bits per heavy atom. The van der Waals surface area contributed by atoms with Crippen molar-refractivity contribution < 1.29 is 26.9 Å². The van der Waals surface area contributed by atoms with Gasteiger partial charge in [-0.15, -0.1) is 0 Å². The zero-order valence-corrected chi connectivity index (χ0v) is 10.9. The minimum atomic E-state index is -3.52. The molecule has 0 radical (unpaired) electrons. The number of carbonyl (C=O) groups excluding carboxylic acids is 1. The van der Waals surface area contributed by atoms with E-state index in [9.17, 15) is 13.2 Å². The molecule has 0 saturated carbocycles. The second-order valence-corrected chi connectivity index (χ2v) is 5.08. The first-order chi connectivity index (χ1) is 8.42. The number of rotatable bonds is 6. The summed E-state index contributed by atoms with van der Waals surface area (Å²) < 4.78 is 36.1. The van der Waals surface area contributed by atoms with Crippen LogP contribution in [0.4, 0.5) is 0 Å². The third-order valence-electron chi connectivity index (χ3n) is 1.97. The largest absolute Gasteiger partial charge is 0.482 e. The Balaban J connectivity index is 2.70. The molecule has 0 aliphatic heterocycles. The number of para-hydroxylation sites is 1. The van der Waals surface area contributed by atoms with Gasteiger partial charge in [0.1, 0.15) is 5.75 Å². The molecule has 0 aromatic heterocycles. The van der Waals surface area contributed by atoms with E-state index in [4.69, 9.17) is 4.74 Å². The Morgan fingerprint density at radius 1 is 1.28 bits per heavy atom. The fourth-order valence-electron chi connectivity index (χ4n) is 1.13. The minimum Gasteiger partial charge on any atom is -0.482 e. The van der Waals surface area contributed by atoms with Crippen molar-refractivity contribution in [3.63, 3.8) is 0 Å². The van der Waals surface area contributed by atoms with Crippen molar-refractivity contribution in [1.82, 2.24) is 0 Å². The molecular weight excluding hydrogens is 260 g/mol. The molecule has 0 N–H and O–H groups in total. The van der Waals surface area contributed by atoms with Crippen molar-refractivity contribution >= 4 is 16.1 Å². The summed E-state index contributed by atoms with van der Waals surface area (Å²) in [5.41, 5.74) is 0.534. The van der Waals surface area contributed by atoms with Gasteiger partial charge in [-0.3, -0.25) is 4.18 Å². The van der Waals surface area contributed by atoms with E-state index in [-0.39, 0.29) is 13.2 Å². The Bertz CT molecular complexity index is 508. The normalized spacial score (nSPS) is 11.0. The van der Waals surface area contributed by atoms with Crippen molar-refractivity contribution in [2.24, 2.45) is 0 Å². The number of methoxy groups -OCH3 is 1. The van der Waals surface area contributed by atoms with Crippen LogP contribution in [0.5, 0.6) is 5.75 Å². The Morgan fingerprint density at radius 2 is 1.94 bits per heavy atom. The molecular formula is C11H14O6S. The van der Waals surface area contributed by atoms with E-state index in [0.29, 0.717) is 11.3 Å². The average Bonchev–Trinajstić information content (AvgIpc) is 2.33. The van der Waals surface area contributed by atoms with Gasteiger partial charge < -0.3 is 9.47 Å². The van der Waals surface area contributed by atoms with Crippen molar-refractivity contribution in [2.75, 3.05) is 20.0 Å². The van der Waals surface area contributed by atoms with Gasteiger partial charge in [0.2, 0.25) is 0 Å². The quantitative estimate of drug-likeness (QED) is 0.561. The van der Waals surface area contributed by atoms with Crippen LogP contribution < -0.4 is 4.74 Å². The Kier molecular flexibility index (Phi) is 5.11. The van der Waals surface area contributed by atoms with E-state index in [1.807, 2.05) is 0 Å². The lowest BCUT2D eigenvalue weighted by atomic mass is 10.2. The summed E-state index contributed by atoms with van der Waals surface area (Å²) in [4.78, 5) is 10.9. The molecule has 0 aliphatic carbocycles. The van der Waals surface area contributed by atoms with Crippen molar-refractivity contribution in [3.05, 3.63) is 29.8 Å². The minimum absolute atomic E-state index is 0.143. The van der Waals surface area contributed by atoms with E-state index >= 15 is 0 Å². The van der Waals surface area contributed by atoms with Crippen molar-refractivity contribution in [2.45, 2.75) is 6.61 Å². The third-order valence-corrected chi connectivity index (χ3v) is 2.52. The first kappa shape index (κ1) is 14.5. The van der Waals surface area contributed by atoms with E-state index in [1.165, 1.54) is 7.11 Å². The van der Waals surface area contributed by atoms with Crippen LogP contribution in [0.1, 0.15) is 5.56 Å². The maximum absolute atomic E-state index is 10.9. The molecule has 0 amide bonds. The highest BCUT2D eigenvalue weighted by Crippen LogP contribution is 2.19. The monoisotopic (exact) mass is 274 g/mol. The summed E-state index contributed by atoms with van der Waals surface area (Å²) in [6.45, 7) is -0.386. The maximum Gasteiger partial charge on any atom is 0.343 e. The highest BCUT2D eigenvalue weighted by atomic mass is 32.2. The first-order valence-electron chi connectivity index (χ1n) is 5.04. The molecule has 0 atom stereocenters. The topological polar surface area (TPSA) is 78.9 Å². The zero-order valence-electron chi connectivity index (χ0n) is 10.1. The van der Waals surface area contributed by atoms with E-state index in [2.05, 4.69) is 8.92 Å². The van der Waals surface area contributed by atoms with Crippen molar-refractivity contribution in [3.8, 4) is 5.75 Å². The molecule has 0 unspecified atom stereocenters. The van der Waals surface area contributed by atoms with Gasteiger partial charge in [0.05, 0.1) is 20.0 Å². The predicted molar refractivity (Wildman–Crippen MR) is 63.6 cm³/mol. The van der Waals surface area contributed by atoms with E-state index < -0.39 is 16.1 Å².